The van der Waals surface area contributed by atoms with Crippen molar-refractivity contribution in [1.29, 1.82) is 0 Å². The van der Waals surface area contributed by atoms with Gasteiger partial charge < -0.3 is 4.79 Å². The highest BCUT2D eigenvalue weighted by atomic mass is 16.1. The largest absolute Gasteiger partial charge is 0.303 e. The molecule has 1 aromatic rings. The lowest BCUT2D eigenvalue weighted by Gasteiger charge is -2.09. The van der Waals surface area contributed by atoms with Gasteiger partial charge in [-0.15, -0.1) is 6.58 Å². The Morgan fingerprint density at radius 3 is 2.76 bits per heavy atom. The lowest BCUT2D eigenvalue weighted by Crippen LogP contribution is -2.00. The van der Waals surface area contributed by atoms with Gasteiger partial charge in [0.05, 0.1) is 0 Å². The highest BCUT2D eigenvalue weighted by Crippen LogP contribution is 2.19. The molecule has 0 radical (unpaired) electrons. The predicted octanol–water partition coefficient (Wildman–Crippen LogP) is 3.89. The molecule has 17 heavy (non-hydrogen) atoms. The number of carbonyl (C=O) groups is 1. The van der Waals surface area contributed by atoms with Gasteiger partial charge in [0.1, 0.15) is 6.29 Å². The number of unbranched alkanes of at least 4 members (excludes halogenated alkanes) is 4. The van der Waals surface area contributed by atoms with E-state index in [1.165, 1.54) is 19.3 Å². The first-order valence-corrected chi connectivity index (χ1v) is 6.34. The number of hydrogen-bond acceptors (Lipinski definition) is 2. The summed E-state index contributed by atoms with van der Waals surface area (Å²) in [5.41, 5.74) is 1.04. The molecule has 1 atom stereocenters. The molecule has 0 amide bonds. The summed E-state index contributed by atoms with van der Waals surface area (Å²) in [4.78, 5) is 15.1. The Hall–Kier alpha value is -1.44. The molecule has 1 aromatic heterocycles. The molecule has 0 spiro atoms. The van der Waals surface area contributed by atoms with Crippen LogP contribution in [0.2, 0.25) is 0 Å². The quantitative estimate of drug-likeness (QED) is 0.366. The molecule has 0 fully saturated rings. The predicted molar refractivity (Wildman–Crippen MR) is 70.9 cm³/mol. The molecule has 2 heteroatoms. The molecule has 0 aromatic carbocycles. The zero-order valence-electron chi connectivity index (χ0n) is 10.3. The summed E-state index contributed by atoms with van der Waals surface area (Å²) in [6, 6.07) is 3.86. The number of nitrogens with zero attached hydrogens (tertiary/aromatic N) is 1. The molecule has 1 heterocycles. The summed E-state index contributed by atoms with van der Waals surface area (Å²) < 4.78 is 0. The Labute approximate surface area is 104 Å². The van der Waals surface area contributed by atoms with Crippen molar-refractivity contribution in [3.63, 3.8) is 0 Å². The fourth-order valence-electron chi connectivity index (χ4n) is 1.92. The fraction of sp³-hybridized carbons (Fsp3) is 0.467. The van der Waals surface area contributed by atoms with E-state index in [4.69, 9.17) is 0 Å². The van der Waals surface area contributed by atoms with Gasteiger partial charge in [0.2, 0.25) is 0 Å². The van der Waals surface area contributed by atoms with E-state index in [0.717, 1.165) is 31.1 Å². The van der Waals surface area contributed by atoms with E-state index in [-0.39, 0.29) is 5.92 Å². The van der Waals surface area contributed by atoms with E-state index >= 15 is 0 Å². The van der Waals surface area contributed by atoms with E-state index < -0.39 is 0 Å². The fourth-order valence-corrected chi connectivity index (χ4v) is 1.92. The maximum absolute atomic E-state index is 11.0. The van der Waals surface area contributed by atoms with Crippen molar-refractivity contribution < 1.29 is 4.79 Å². The smallest absolute Gasteiger partial charge is 0.127 e. The lowest BCUT2D eigenvalue weighted by atomic mass is 9.95. The maximum atomic E-state index is 11.0. The number of allylic oxidation sites excluding steroid dienone is 1. The van der Waals surface area contributed by atoms with Gasteiger partial charge >= 0.3 is 0 Å². The van der Waals surface area contributed by atoms with Crippen LogP contribution in [-0.4, -0.2) is 11.3 Å². The van der Waals surface area contributed by atoms with E-state index in [0.29, 0.717) is 0 Å². The summed E-state index contributed by atoms with van der Waals surface area (Å²) in [6.45, 7) is 3.71. The summed E-state index contributed by atoms with van der Waals surface area (Å²) in [6.07, 6.45) is 13.3. The molecule has 0 bridgehead atoms. The van der Waals surface area contributed by atoms with E-state index in [1.807, 2.05) is 18.2 Å². The van der Waals surface area contributed by atoms with Gasteiger partial charge in [0, 0.05) is 18.3 Å². The first-order chi connectivity index (χ1) is 8.38. The number of pyridine rings is 1. The highest BCUT2D eigenvalue weighted by Gasteiger charge is 2.09. The Morgan fingerprint density at radius 2 is 2.12 bits per heavy atom. The molecule has 2 nitrogen and oxygen atoms in total. The third-order valence-corrected chi connectivity index (χ3v) is 2.95. The molecule has 0 aliphatic heterocycles. The number of hydrogen-bond donors (Lipinski definition) is 0. The van der Waals surface area contributed by atoms with Crippen molar-refractivity contribution in [2.75, 3.05) is 0 Å². The van der Waals surface area contributed by atoms with Gasteiger partial charge in [-0.25, -0.2) is 0 Å². The zero-order chi connectivity index (χ0) is 12.3. The minimum Gasteiger partial charge on any atom is -0.303 e. The average Bonchev–Trinajstić information content (AvgIpc) is 2.39. The molecule has 92 valence electrons. The third-order valence-electron chi connectivity index (χ3n) is 2.95. The SMILES string of the molecule is C=CCCCCCCC(C=O)c1cccnc1. The van der Waals surface area contributed by atoms with Crippen LogP contribution in [0.25, 0.3) is 0 Å². The van der Waals surface area contributed by atoms with Crippen LogP contribution in [0.4, 0.5) is 0 Å². The summed E-state index contributed by atoms with van der Waals surface area (Å²) in [5.74, 6) is 0.0168. The van der Waals surface area contributed by atoms with Crippen molar-refractivity contribution >= 4 is 6.29 Å². The average molecular weight is 231 g/mol. The summed E-state index contributed by atoms with van der Waals surface area (Å²) in [5, 5.41) is 0. The molecule has 0 saturated heterocycles. The number of carbonyl (C=O) groups excluding carboxylic acids is 1. The Balaban J connectivity index is 2.24. The standard InChI is InChI=1S/C15H21NO/c1-2-3-4-5-6-7-9-15(13-17)14-10-8-11-16-12-14/h2,8,10-13,15H,1,3-7,9H2. The van der Waals surface area contributed by atoms with Gasteiger partial charge in [0.25, 0.3) is 0 Å². The van der Waals surface area contributed by atoms with Crippen molar-refractivity contribution in [1.82, 2.24) is 4.98 Å². The highest BCUT2D eigenvalue weighted by molar-refractivity contribution is 5.61. The molecule has 0 aliphatic carbocycles. The number of aromatic nitrogens is 1. The monoisotopic (exact) mass is 231 g/mol. The van der Waals surface area contributed by atoms with Crippen molar-refractivity contribution in [3.05, 3.63) is 42.7 Å². The second-order valence-corrected chi connectivity index (χ2v) is 4.31. The molecule has 1 rings (SSSR count). The molecule has 0 aliphatic rings. The van der Waals surface area contributed by atoms with Gasteiger partial charge in [-0.3, -0.25) is 4.98 Å². The van der Waals surface area contributed by atoms with Crippen LogP contribution in [0.1, 0.15) is 50.0 Å². The van der Waals surface area contributed by atoms with Gasteiger partial charge in [-0.2, -0.15) is 0 Å². The van der Waals surface area contributed by atoms with Crippen molar-refractivity contribution in [2.24, 2.45) is 0 Å². The molecule has 0 N–H and O–H groups in total. The maximum Gasteiger partial charge on any atom is 0.127 e. The van der Waals surface area contributed by atoms with Crippen LogP contribution in [0.15, 0.2) is 37.2 Å². The zero-order valence-corrected chi connectivity index (χ0v) is 10.3. The van der Waals surface area contributed by atoms with Crippen LogP contribution >= 0.6 is 0 Å². The molecular formula is C15H21NO. The second kappa shape index (κ2) is 8.68. The van der Waals surface area contributed by atoms with Crippen LogP contribution < -0.4 is 0 Å². The summed E-state index contributed by atoms with van der Waals surface area (Å²) in [7, 11) is 0. The number of rotatable bonds is 9. The topological polar surface area (TPSA) is 30.0 Å². The Kier molecular flexibility index (Phi) is 6.96. The third kappa shape index (κ3) is 5.43. The van der Waals surface area contributed by atoms with Crippen LogP contribution in [-0.2, 0) is 4.79 Å². The van der Waals surface area contributed by atoms with Crippen LogP contribution in [0.3, 0.4) is 0 Å². The Morgan fingerprint density at radius 1 is 1.29 bits per heavy atom. The van der Waals surface area contributed by atoms with E-state index in [9.17, 15) is 4.79 Å². The molecule has 0 saturated carbocycles. The van der Waals surface area contributed by atoms with Gasteiger partial charge in [-0.05, 0) is 30.9 Å². The lowest BCUT2D eigenvalue weighted by molar-refractivity contribution is -0.109. The Bertz CT molecular complexity index is 321. The van der Waals surface area contributed by atoms with E-state index in [1.54, 1.807) is 12.4 Å². The van der Waals surface area contributed by atoms with Crippen LogP contribution in [0, 0.1) is 0 Å². The molecule has 1 unspecified atom stereocenters. The normalized spacial score (nSPS) is 12.0. The van der Waals surface area contributed by atoms with Crippen molar-refractivity contribution in [3.8, 4) is 0 Å². The minimum absolute atomic E-state index is 0.0168. The van der Waals surface area contributed by atoms with E-state index in [2.05, 4.69) is 11.6 Å². The second-order valence-electron chi connectivity index (χ2n) is 4.31. The van der Waals surface area contributed by atoms with Crippen molar-refractivity contribution in [2.45, 2.75) is 44.4 Å². The first-order valence-electron chi connectivity index (χ1n) is 6.34. The van der Waals surface area contributed by atoms with Gasteiger partial charge in [0.15, 0.2) is 0 Å². The first kappa shape index (κ1) is 13.6. The number of aldehydes is 1. The summed E-state index contributed by atoms with van der Waals surface area (Å²) >= 11 is 0. The van der Waals surface area contributed by atoms with Crippen LogP contribution in [0.5, 0.6) is 0 Å². The van der Waals surface area contributed by atoms with Gasteiger partial charge in [-0.1, -0.05) is 31.4 Å². The molecular weight excluding hydrogens is 210 g/mol. The minimum atomic E-state index is 0.0168.